The predicted molar refractivity (Wildman–Crippen MR) is 41.9 cm³/mol. The number of aliphatic hydroxyl groups excluding tert-OH is 1. The molecule has 1 aromatic heterocycles. The number of aromatic nitrogens is 1. The Labute approximate surface area is 82.1 Å². The number of hydrogen-bond donors (Lipinski definition) is 1. The van der Waals surface area contributed by atoms with Crippen LogP contribution in [0.25, 0.3) is 0 Å². The van der Waals surface area contributed by atoms with E-state index in [-0.39, 0.29) is 10.7 Å². The van der Waals surface area contributed by atoms with Crippen LogP contribution in [0, 0.1) is 0 Å². The zero-order chi connectivity index (χ0) is 10.8. The van der Waals surface area contributed by atoms with Crippen LogP contribution in [0.15, 0.2) is 12.1 Å². The third kappa shape index (κ3) is 3.04. The molecular formula is C7H5ClF3NO2. The van der Waals surface area contributed by atoms with Crippen molar-refractivity contribution in [3.05, 3.63) is 22.8 Å². The molecule has 0 bridgehead atoms. The minimum Gasteiger partial charge on any atom is -0.391 e. The summed E-state index contributed by atoms with van der Waals surface area (Å²) in [6.07, 6.45) is -4.85. The zero-order valence-electron chi connectivity index (χ0n) is 6.68. The molecule has 0 fully saturated rings. The lowest BCUT2D eigenvalue weighted by atomic mass is 10.3. The molecule has 0 aromatic carbocycles. The third-order valence-corrected chi connectivity index (χ3v) is 1.50. The minimum atomic E-state index is -4.85. The average Bonchev–Trinajstić information content (AvgIpc) is 2.01. The summed E-state index contributed by atoms with van der Waals surface area (Å²) in [6.45, 7) is -0.602. The predicted octanol–water partition coefficient (Wildman–Crippen LogP) is 2.13. The van der Waals surface area contributed by atoms with Crippen molar-refractivity contribution < 1.29 is 23.0 Å². The number of hydrogen-bond acceptors (Lipinski definition) is 3. The lowest BCUT2D eigenvalue weighted by Gasteiger charge is -2.10. The van der Waals surface area contributed by atoms with Crippen LogP contribution in [0.2, 0.25) is 5.15 Å². The van der Waals surface area contributed by atoms with Crippen molar-refractivity contribution >= 4 is 11.6 Å². The van der Waals surface area contributed by atoms with Gasteiger partial charge in [0.05, 0.1) is 6.61 Å². The van der Waals surface area contributed by atoms with Gasteiger partial charge >= 0.3 is 6.36 Å². The van der Waals surface area contributed by atoms with Gasteiger partial charge in [-0.25, -0.2) is 4.98 Å². The van der Waals surface area contributed by atoms with Crippen LogP contribution in [-0.2, 0) is 6.61 Å². The molecule has 3 nitrogen and oxygen atoms in total. The molecule has 0 radical (unpaired) electrons. The fraction of sp³-hybridized carbons (Fsp3) is 0.286. The molecule has 0 atom stereocenters. The Hall–Kier alpha value is -1.01. The van der Waals surface area contributed by atoms with Crippen LogP contribution < -0.4 is 4.74 Å². The van der Waals surface area contributed by atoms with Crippen LogP contribution in [0.4, 0.5) is 13.2 Å². The van der Waals surface area contributed by atoms with E-state index >= 15 is 0 Å². The summed E-state index contributed by atoms with van der Waals surface area (Å²) in [5.41, 5.74) is -0.0771. The second-order valence-corrected chi connectivity index (χ2v) is 2.69. The summed E-state index contributed by atoms with van der Waals surface area (Å²) in [5, 5.41) is 8.54. The maximum absolute atomic E-state index is 11.8. The first-order valence-corrected chi connectivity index (χ1v) is 3.82. The Morgan fingerprint density at radius 3 is 2.57 bits per heavy atom. The maximum atomic E-state index is 11.8. The second kappa shape index (κ2) is 4.02. The number of alkyl halides is 3. The summed E-state index contributed by atoms with van der Waals surface area (Å²) in [6, 6.07) is 2.47. The molecule has 0 saturated heterocycles. The van der Waals surface area contributed by atoms with E-state index in [1.54, 1.807) is 0 Å². The van der Waals surface area contributed by atoms with Crippen molar-refractivity contribution in [1.82, 2.24) is 4.98 Å². The van der Waals surface area contributed by atoms with Crippen molar-refractivity contribution in [3.8, 4) is 5.88 Å². The Morgan fingerprint density at radius 2 is 2.07 bits per heavy atom. The van der Waals surface area contributed by atoms with E-state index in [9.17, 15) is 13.2 Å². The first-order valence-electron chi connectivity index (χ1n) is 3.44. The van der Waals surface area contributed by atoms with Gasteiger partial charge in [-0.2, -0.15) is 0 Å². The quantitative estimate of drug-likeness (QED) is 0.787. The van der Waals surface area contributed by atoms with E-state index < -0.39 is 18.8 Å². The molecule has 14 heavy (non-hydrogen) atoms. The standard InChI is InChI=1S/C7H5ClF3NO2/c8-5-2-1-4(3-13)6(12-5)14-7(9,10)11/h1-2,13H,3H2. The van der Waals surface area contributed by atoms with Gasteiger partial charge in [-0.3, -0.25) is 0 Å². The molecule has 7 heteroatoms. The van der Waals surface area contributed by atoms with Gasteiger partial charge < -0.3 is 9.84 Å². The van der Waals surface area contributed by atoms with Gasteiger partial charge in [0.15, 0.2) is 0 Å². The number of halogens is 4. The van der Waals surface area contributed by atoms with Crippen molar-refractivity contribution in [2.45, 2.75) is 13.0 Å². The first-order chi connectivity index (χ1) is 6.42. The molecule has 78 valence electrons. The summed E-state index contributed by atoms with van der Waals surface area (Å²) < 4.78 is 39.0. The summed E-state index contributed by atoms with van der Waals surface area (Å²) >= 11 is 5.36. The molecular weight excluding hydrogens is 223 g/mol. The van der Waals surface area contributed by atoms with Crippen LogP contribution in [0.1, 0.15) is 5.56 Å². The minimum absolute atomic E-state index is 0.0771. The number of nitrogens with zero attached hydrogens (tertiary/aromatic N) is 1. The van der Waals surface area contributed by atoms with E-state index in [0.717, 1.165) is 0 Å². The highest BCUT2D eigenvalue weighted by Gasteiger charge is 2.32. The SMILES string of the molecule is OCc1ccc(Cl)nc1OC(F)(F)F. The van der Waals surface area contributed by atoms with Gasteiger partial charge in [-0.05, 0) is 12.1 Å². The largest absolute Gasteiger partial charge is 0.574 e. The Morgan fingerprint density at radius 1 is 1.43 bits per heavy atom. The molecule has 1 heterocycles. The molecule has 1 rings (SSSR count). The summed E-state index contributed by atoms with van der Waals surface area (Å²) in [7, 11) is 0. The molecule has 0 aliphatic carbocycles. The number of aliphatic hydroxyl groups is 1. The van der Waals surface area contributed by atoms with Gasteiger partial charge in [0.2, 0.25) is 5.88 Å². The number of rotatable bonds is 2. The molecule has 0 aliphatic heterocycles. The molecule has 0 spiro atoms. The smallest absolute Gasteiger partial charge is 0.391 e. The number of pyridine rings is 1. The van der Waals surface area contributed by atoms with Gasteiger partial charge in [0.1, 0.15) is 5.15 Å². The Bertz CT molecular complexity index is 329. The van der Waals surface area contributed by atoms with Gasteiger partial charge in [0, 0.05) is 5.56 Å². The van der Waals surface area contributed by atoms with Crippen molar-refractivity contribution in [3.63, 3.8) is 0 Å². The number of ether oxygens (including phenoxy) is 1. The summed E-state index contributed by atoms with van der Waals surface area (Å²) in [5.74, 6) is -0.729. The van der Waals surface area contributed by atoms with E-state index in [0.29, 0.717) is 0 Å². The summed E-state index contributed by atoms with van der Waals surface area (Å²) in [4.78, 5) is 3.29. The fourth-order valence-corrected chi connectivity index (χ4v) is 0.905. The second-order valence-electron chi connectivity index (χ2n) is 2.30. The van der Waals surface area contributed by atoms with Crippen molar-refractivity contribution in [2.24, 2.45) is 0 Å². The zero-order valence-corrected chi connectivity index (χ0v) is 7.43. The maximum Gasteiger partial charge on any atom is 0.574 e. The van der Waals surface area contributed by atoms with Gasteiger partial charge in [-0.15, -0.1) is 13.2 Å². The normalized spacial score (nSPS) is 11.5. The monoisotopic (exact) mass is 227 g/mol. The van der Waals surface area contributed by atoms with Gasteiger partial charge in [-0.1, -0.05) is 11.6 Å². The van der Waals surface area contributed by atoms with E-state index in [1.807, 2.05) is 0 Å². The van der Waals surface area contributed by atoms with Gasteiger partial charge in [0.25, 0.3) is 0 Å². The molecule has 1 aromatic rings. The Kier molecular flexibility index (Phi) is 3.17. The van der Waals surface area contributed by atoms with Crippen molar-refractivity contribution in [1.29, 1.82) is 0 Å². The Balaban J connectivity index is 2.99. The lowest BCUT2D eigenvalue weighted by Crippen LogP contribution is -2.19. The van der Waals surface area contributed by atoms with E-state index in [1.165, 1.54) is 12.1 Å². The highest BCUT2D eigenvalue weighted by Crippen LogP contribution is 2.25. The van der Waals surface area contributed by atoms with E-state index in [2.05, 4.69) is 9.72 Å². The highest BCUT2D eigenvalue weighted by atomic mass is 35.5. The molecule has 0 unspecified atom stereocenters. The van der Waals surface area contributed by atoms with Crippen LogP contribution in [0.5, 0.6) is 5.88 Å². The molecule has 0 aliphatic rings. The molecule has 1 N–H and O–H groups in total. The van der Waals surface area contributed by atoms with Crippen LogP contribution in [-0.4, -0.2) is 16.5 Å². The van der Waals surface area contributed by atoms with Crippen LogP contribution in [0.3, 0.4) is 0 Å². The van der Waals surface area contributed by atoms with Crippen LogP contribution >= 0.6 is 11.6 Å². The van der Waals surface area contributed by atoms with E-state index in [4.69, 9.17) is 16.7 Å². The molecule has 0 amide bonds. The lowest BCUT2D eigenvalue weighted by molar-refractivity contribution is -0.276. The average molecular weight is 228 g/mol. The topological polar surface area (TPSA) is 42.4 Å². The van der Waals surface area contributed by atoms with Crippen molar-refractivity contribution in [2.75, 3.05) is 0 Å². The highest BCUT2D eigenvalue weighted by molar-refractivity contribution is 6.29. The first kappa shape index (κ1) is 11.1. The molecule has 0 saturated carbocycles. The fourth-order valence-electron chi connectivity index (χ4n) is 0.765. The third-order valence-electron chi connectivity index (χ3n) is 1.29.